The van der Waals surface area contributed by atoms with Gasteiger partial charge in [-0.05, 0) is 45.4 Å². The van der Waals surface area contributed by atoms with E-state index in [1.807, 2.05) is 6.92 Å². The number of pyridine rings is 1. The number of carbonyl (C=O) groups excluding carboxylic acids is 1. The maximum atomic E-state index is 12.5. The molecule has 118 valence electrons. The molecule has 6 nitrogen and oxygen atoms in total. The molecule has 2 rings (SSSR count). The molecular weight excluding hydrogens is 282 g/mol. The zero-order valence-corrected chi connectivity index (χ0v) is 13.3. The maximum Gasteiger partial charge on any atom is 0.270 e. The lowest BCUT2D eigenvalue weighted by atomic mass is 10.1. The minimum atomic E-state index is -1.02. The Kier molecular flexibility index (Phi) is 4.32. The van der Waals surface area contributed by atoms with Gasteiger partial charge in [0.1, 0.15) is 11.2 Å². The molecule has 2 heterocycles. The van der Waals surface area contributed by atoms with Gasteiger partial charge in [0.2, 0.25) is 0 Å². The molecule has 0 aromatic carbocycles. The highest BCUT2D eigenvalue weighted by molar-refractivity contribution is 5.93. The van der Waals surface area contributed by atoms with Gasteiger partial charge in [-0.15, -0.1) is 0 Å². The molecule has 2 aromatic rings. The summed E-state index contributed by atoms with van der Waals surface area (Å²) in [5.74, 6) is -0.419. The van der Waals surface area contributed by atoms with Gasteiger partial charge in [-0.3, -0.25) is 14.0 Å². The molecule has 0 aliphatic carbocycles. The highest BCUT2D eigenvalue weighted by atomic mass is 16.3. The van der Waals surface area contributed by atoms with Crippen molar-refractivity contribution in [3.63, 3.8) is 0 Å². The lowest BCUT2D eigenvalue weighted by molar-refractivity contribution is 0.0313. The molecule has 0 aliphatic rings. The van der Waals surface area contributed by atoms with Crippen LogP contribution in [0, 0.1) is 6.92 Å². The van der Waals surface area contributed by atoms with E-state index in [4.69, 9.17) is 0 Å². The Bertz CT molecular complexity index is 759. The molecule has 1 amide bonds. The first-order valence-corrected chi connectivity index (χ1v) is 7.22. The predicted octanol–water partition coefficient (Wildman–Crippen LogP) is 1.24. The molecule has 0 spiro atoms. The van der Waals surface area contributed by atoms with Crippen molar-refractivity contribution < 1.29 is 9.90 Å². The van der Waals surface area contributed by atoms with Crippen molar-refractivity contribution in [3.8, 4) is 0 Å². The van der Waals surface area contributed by atoms with Gasteiger partial charge < -0.3 is 10.0 Å². The van der Waals surface area contributed by atoms with E-state index in [-0.39, 0.29) is 12.1 Å². The summed E-state index contributed by atoms with van der Waals surface area (Å²) in [6.07, 6.45) is 2.93. The third-order valence-corrected chi connectivity index (χ3v) is 3.34. The van der Waals surface area contributed by atoms with Crippen LogP contribution in [-0.2, 0) is 0 Å². The van der Waals surface area contributed by atoms with Crippen LogP contribution in [-0.4, -0.2) is 44.0 Å². The summed E-state index contributed by atoms with van der Waals surface area (Å²) in [7, 11) is 0. The number of likely N-dealkylation sites (N-methyl/N-ethyl adjacent to an activating group) is 1. The topological polar surface area (TPSA) is 74.9 Å². The largest absolute Gasteiger partial charge is 0.389 e. The van der Waals surface area contributed by atoms with Crippen LogP contribution in [0.5, 0.6) is 0 Å². The Labute approximate surface area is 129 Å². The normalized spacial score (nSPS) is 11.7. The molecule has 0 atom stereocenters. The minimum absolute atomic E-state index is 0.00690. The van der Waals surface area contributed by atoms with Crippen molar-refractivity contribution in [1.29, 1.82) is 0 Å². The summed E-state index contributed by atoms with van der Waals surface area (Å²) in [6.45, 7) is 7.51. The lowest BCUT2D eigenvalue weighted by Gasteiger charge is -2.27. The van der Waals surface area contributed by atoms with Crippen LogP contribution >= 0.6 is 0 Å². The summed E-state index contributed by atoms with van der Waals surface area (Å²) < 4.78 is 1.36. The van der Waals surface area contributed by atoms with Crippen LogP contribution in [0.1, 0.15) is 36.7 Å². The van der Waals surface area contributed by atoms with Gasteiger partial charge in [0.05, 0.1) is 5.60 Å². The molecule has 0 radical (unpaired) electrons. The second-order valence-corrected chi connectivity index (χ2v) is 6.04. The Morgan fingerprint density at radius 1 is 1.45 bits per heavy atom. The van der Waals surface area contributed by atoms with Crippen LogP contribution in [0.25, 0.3) is 5.65 Å². The quantitative estimate of drug-likeness (QED) is 0.922. The van der Waals surface area contributed by atoms with Crippen LogP contribution < -0.4 is 5.56 Å². The van der Waals surface area contributed by atoms with Crippen molar-refractivity contribution in [3.05, 3.63) is 46.0 Å². The van der Waals surface area contributed by atoms with E-state index < -0.39 is 17.1 Å². The Hall–Kier alpha value is -2.21. The highest BCUT2D eigenvalue weighted by Crippen LogP contribution is 2.09. The second-order valence-electron chi connectivity index (χ2n) is 6.04. The van der Waals surface area contributed by atoms with E-state index in [0.717, 1.165) is 5.56 Å². The van der Waals surface area contributed by atoms with Crippen LogP contribution in [0.15, 0.2) is 29.3 Å². The number of nitrogens with zero attached hydrogens (tertiary/aromatic N) is 3. The van der Waals surface area contributed by atoms with Crippen LogP contribution in [0.3, 0.4) is 0 Å². The Morgan fingerprint density at radius 3 is 2.73 bits per heavy atom. The molecule has 0 bridgehead atoms. The van der Waals surface area contributed by atoms with E-state index in [9.17, 15) is 14.7 Å². The van der Waals surface area contributed by atoms with Gasteiger partial charge >= 0.3 is 0 Å². The molecule has 2 aromatic heterocycles. The van der Waals surface area contributed by atoms with E-state index >= 15 is 0 Å². The third kappa shape index (κ3) is 3.33. The number of aryl methyl sites for hydroxylation is 1. The number of amides is 1. The SMILES string of the molecule is CCN(CC(C)(C)O)C(=O)c1cnc2cc(C)ccn2c1=O. The smallest absolute Gasteiger partial charge is 0.270 e. The van der Waals surface area contributed by atoms with E-state index in [1.165, 1.54) is 15.5 Å². The Morgan fingerprint density at radius 2 is 2.14 bits per heavy atom. The molecule has 0 fully saturated rings. The number of aromatic nitrogens is 2. The first kappa shape index (κ1) is 16.2. The fraction of sp³-hybridized carbons (Fsp3) is 0.438. The number of fused-ring (bicyclic) bond motifs is 1. The summed E-state index contributed by atoms with van der Waals surface area (Å²) in [5, 5.41) is 9.89. The summed E-state index contributed by atoms with van der Waals surface area (Å²) in [5.41, 5.74) is 0.0791. The first-order valence-electron chi connectivity index (χ1n) is 7.22. The molecular formula is C16H21N3O3. The van der Waals surface area contributed by atoms with Gasteiger partial charge in [-0.25, -0.2) is 4.98 Å². The third-order valence-electron chi connectivity index (χ3n) is 3.34. The van der Waals surface area contributed by atoms with E-state index in [1.54, 1.807) is 39.1 Å². The highest BCUT2D eigenvalue weighted by Gasteiger charge is 2.24. The van der Waals surface area contributed by atoms with E-state index in [0.29, 0.717) is 12.2 Å². The van der Waals surface area contributed by atoms with Gasteiger partial charge in [-0.1, -0.05) is 0 Å². The lowest BCUT2D eigenvalue weighted by Crippen LogP contribution is -2.44. The number of carbonyl (C=O) groups is 1. The average Bonchev–Trinajstić information content (AvgIpc) is 2.43. The van der Waals surface area contributed by atoms with Gasteiger partial charge in [0.15, 0.2) is 0 Å². The molecule has 6 heteroatoms. The zero-order valence-electron chi connectivity index (χ0n) is 13.3. The number of hydrogen-bond donors (Lipinski definition) is 1. The van der Waals surface area contributed by atoms with Crippen LogP contribution in [0.2, 0.25) is 0 Å². The Balaban J connectivity index is 2.46. The first-order chi connectivity index (χ1) is 10.2. The van der Waals surface area contributed by atoms with Gasteiger partial charge in [0.25, 0.3) is 11.5 Å². The number of hydrogen-bond acceptors (Lipinski definition) is 4. The average molecular weight is 303 g/mol. The minimum Gasteiger partial charge on any atom is -0.389 e. The fourth-order valence-corrected chi connectivity index (χ4v) is 2.29. The number of rotatable bonds is 4. The monoisotopic (exact) mass is 303 g/mol. The van der Waals surface area contributed by atoms with Crippen molar-refractivity contribution in [2.45, 2.75) is 33.3 Å². The molecule has 0 saturated carbocycles. The zero-order chi connectivity index (χ0) is 16.5. The molecule has 1 N–H and O–H groups in total. The van der Waals surface area contributed by atoms with Crippen molar-refractivity contribution in [2.75, 3.05) is 13.1 Å². The predicted molar refractivity (Wildman–Crippen MR) is 84.1 cm³/mol. The second kappa shape index (κ2) is 5.88. The molecule has 0 aliphatic heterocycles. The van der Waals surface area contributed by atoms with Crippen LogP contribution in [0.4, 0.5) is 0 Å². The maximum absolute atomic E-state index is 12.5. The van der Waals surface area contributed by atoms with E-state index in [2.05, 4.69) is 4.98 Å². The van der Waals surface area contributed by atoms with Gasteiger partial charge in [-0.2, -0.15) is 0 Å². The molecule has 22 heavy (non-hydrogen) atoms. The van der Waals surface area contributed by atoms with Crippen molar-refractivity contribution in [2.24, 2.45) is 0 Å². The number of aliphatic hydroxyl groups is 1. The summed E-state index contributed by atoms with van der Waals surface area (Å²) >= 11 is 0. The molecule has 0 saturated heterocycles. The van der Waals surface area contributed by atoms with Crippen molar-refractivity contribution >= 4 is 11.6 Å². The fourth-order valence-electron chi connectivity index (χ4n) is 2.29. The van der Waals surface area contributed by atoms with Crippen molar-refractivity contribution in [1.82, 2.24) is 14.3 Å². The standard InChI is InChI=1S/C16H21N3O3/c1-5-18(10-16(3,4)22)14(20)12-9-17-13-8-11(2)6-7-19(13)15(12)21/h6-9,22H,5,10H2,1-4H3. The summed E-state index contributed by atoms with van der Waals surface area (Å²) in [4.78, 5) is 30.7. The summed E-state index contributed by atoms with van der Waals surface area (Å²) in [6, 6.07) is 3.57. The molecule has 0 unspecified atom stereocenters. The van der Waals surface area contributed by atoms with Gasteiger partial charge in [0, 0.05) is 25.5 Å².